The van der Waals surface area contributed by atoms with Crippen LogP contribution in [-0.4, -0.2) is 11.1 Å². The number of carbonyl (C=O) groups is 1. The van der Waals surface area contributed by atoms with Crippen LogP contribution in [0.2, 0.25) is 0 Å². The Kier molecular flexibility index (Phi) is 6.16. The fourth-order valence-corrected chi connectivity index (χ4v) is 1.50. The number of para-hydroxylation sites is 1. The molecule has 0 aliphatic rings. The highest BCUT2D eigenvalue weighted by Gasteiger charge is 2.09. The molecule has 0 aromatic heterocycles. The highest BCUT2D eigenvalue weighted by atomic mass is 16.5. The third-order valence-corrected chi connectivity index (χ3v) is 2.35. The minimum Gasteiger partial charge on any atom is -0.488 e. The highest BCUT2D eigenvalue weighted by Crippen LogP contribution is 2.19. The maximum absolute atomic E-state index is 11.0. The lowest BCUT2D eigenvalue weighted by Gasteiger charge is -2.08. The van der Waals surface area contributed by atoms with Crippen molar-refractivity contribution in [2.45, 2.75) is 20.5 Å². The van der Waals surface area contributed by atoms with E-state index in [1.807, 2.05) is 44.2 Å². The Balaban J connectivity index is 0.000000861. The molecule has 0 heterocycles. The van der Waals surface area contributed by atoms with Gasteiger partial charge in [-0.1, -0.05) is 56.3 Å². The standard InChI is InChI=1S/C14H12O3.C2H6/c15-14(16)12-8-4-5-9-13(12)17-10-11-6-2-1-3-7-11;1-2/h1-9H,10H2,(H,15,16);1-2H3. The van der Waals surface area contributed by atoms with Crippen molar-refractivity contribution in [3.05, 3.63) is 65.7 Å². The third-order valence-electron chi connectivity index (χ3n) is 2.35. The molecule has 0 aliphatic heterocycles. The van der Waals surface area contributed by atoms with Gasteiger partial charge in [0.1, 0.15) is 17.9 Å². The zero-order chi connectivity index (χ0) is 14.1. The average Bonchev–Trinajstić information content (AvgIpc) is 2.48. The Hall–Kier alpha value is -2.29. The fourth-order valence-electron chi connectivity index (χ4n) is 1.50. The van der Waals surface area contributed by atoms with Gasteiger partial charge in [-0.25, -0.2) is 4.79 Å². The fraction of sp³-hybridized carbons (Fsp3) is 0.188. The summed E-state index contributed by atoms with van der Waals surface area (Å²) in [5.41, 5.74) is 1.19. The lowest BCUT2D eigenvalue weighted by Crippen LogP contribution is -2.02. The van der Waals surface area contributed by atoms with Gasteiger partial charge in [-0.05, 0) is 17.7 Å². The van der Waals surface area contributed by atoms with Crippen LogP contribution in [0.25, 0.3) is 0 Å². The number of rotatable bonds is 4. The molecule has 19 heavy (non-hydrogen) atoms. The molecule has 0 unspecified atom stereocenters. The van der Waals surface area contributed by atoms with Gasteiger partial charge in [0.25, 0.3) is 0 Å². The Morgan fingerprint density at radius 1 is 1.00 bits per heavy atom. The molecule has 0 spiro atoms. The lowest BCUT2D eigenvalue weighted by molar-refractivity contribution is 0.0692. The van der Waals surface area contributed by atoms with Crippen molar-refractivity contribution in [3.63, 3.8) is 0 Å². The summed E-state index contributed by atoms with van der Waals surface area (Å²) in [7, 11) is 0. The van der Waals surface area contributed by atoms with E-state index in [4.69, 9.17) is 9.84 Å². The summed E-state index contributed by atoms with van der Waals surface area (Å²) in [5.74, 6) is -0.586. The number of ether oxygens (including phenoxy) is 1. The first kappa shape index (κ1) is 14.8. The molecule has 0 atom stereocenters. The molecule has 3 nitrogen and oxygen atoms in total. The molecular weight excluding hydrogens is 240 g/mol. The molecular formula is C16H18O3. The molecule has 100 valence electrons. The molecule has 0 amide bonds. The van der Waals surface area contributed by atoms with Crippen LogP contribution >= 0.6 is 0 Å². The van der Waals surface area contributed by atoms with Crippen molar-refractivity contribution in [2.24, 2.45) is 0 Å². The first-order chi connectivity index (χ1) is 9.27. The monoisotopic (exact) mass is 258 g/mol. The summed E-state index contributed by atoms with van der Waals surface area (Å²) in [4.78, 5) is 11.0. The minimum atomic E-state index is -0.978. The van der Waals surface area contributed by atoms with E-state index in [9.17, 15) is 4.79 Å². The van der Waals surface area contributed by atoms with Crippen LogP contribution in [0.4, 0.5) is 0 Å². The predicted molar refractivity (Wildman–Crippen MR) is 75.5 cm³/mol. The van der Waals surface area contributed by atoms with E-state index < -0.39 is 5.97 Å². The molecule has 2 rings (SSSR count). The number of carboxylic acids is 1. The Bertz CT molecular complexity index is 506. The van der Waals surface area contributed by atoms with Crippen LogP contribution in [0.15, 0.2) is 54.6 Å². The first-order valence-corrected chi connectivity index (χ1v) is 6.26. The van der Waals surface area contributed by atoms with E-state index >= 15 is 0 Å². The summed E-state index contributed by atoms with van der Waals surface area (Å²) in [6.07, 6.45) is 0. The van der Waals surface area contributed by atoms with Gasteiger partial charge in [0, 0.05) is 0 Å². The molecule has 0 radical (unpaired) electrons. The molecule has 0 fully saturated rings. The minimum absolute atomic E-state index is 0.184. The van der Waals surface area contributed by atoms with Crippen LogP contribution in [0, 0.1) is 0 Å². The van der Waals surface area contributed by atoms with Gasteiger partial charge in [-0.2, -0.15) is 0 Å². The number of hydrogen-bond donors (Lipinski definition) is 1. The number of carboxylic acid groups (broad SMARTS) is 1. The zero-order valence-electron chi connectivity index (χ0n) is 11.2. The van der Waals surface area contributed by atoms with Crippen LogP contribution in [0.5, 0.6) is 5.75 Å². The third kappa shape index (κ3) is 4.47. The van der Waals surface area contributed by atoms with Gasteiger partial charge >= 0.3 is 5.97 Å². The van der Waals surface area contributed by atoms with Crippen LogP contribution in [0.1, 0.15) is 29.8 Å². The molecule has 0 saturated carbocycles. The molecule has 3 heteroatoms. The predicted octanol–water partition coefficient (Wildman–Crippen LogP) is 3.99. The van der Waals surface area contributed by atoms with Gasteiger partial charge < -0.3 is 9.84 Å². The SMILES string of the molecule is CC.O=C(O)c1ccccc1OCc1ccccc1. The Labute approximate surface area is 113 Å². The summed E-state index contributed by atoms with van der Waals surface area (Å²) in [6, 6.07) is 16.3. The lowest BCUT2D eigenvalue weighted by atomic mass is 10.2. The van der Waals surface area contributed by atoms with Gasteiger partial charge in [0.05, 0.1) is 0 Å². The van der Waals surface area contributed by atoms with E-state index in [1.165, 1.54) is 6.07 Å². The van der Waals surface area contributed by atoms with Crippen molar-refractivity contribution in [2.75, 3.05) is 0 Å². The largest absolute Gasteiger partial charge is 0.488 e. The summed E-state index contributed by atoms with van der Waals surface area (Å²) < 4.78 is 5.50. The van der Waals surface area contributed by atoms with E-state index in [-0.39, 0.29) is 5.56 Å². The second-order valence-corrected chi connectivity index (χ2v) is 3.58. The van der Waals surface area contributed by atoms with Crippen LogP contribution in [0.3, 0.4) is 0 Å². The van der Waals surface area contributed by atoms with Crippen LogP contribution < -0.4 is 4.74 Å². The van der Waals surface area contributed by atoms with Gasteiger partial charge in [-0.3, -0.25) is 0 Å². The number of benzene rings is 2. The number of aromatic carboxylic acids is 1. The zero-order valence-corrected chi connectivity index (χ0v) is 11.2. The van der Waals surface area contributed by atoms with E-state index in [1.54, 1.807) is 18.2 Å². The van der Waals surface area contributed by atoms with E-state index in [2.05, 4.69) is 0 Å². The molecule has 1 N–H and O–H groups in total. The second kappa shape index (κ2) is 7.93. The van der Waals surface area contributed by atoms with E-state index in [0.717, 1.165) is 5.56 Å². The van der Waals surface area contributed by atoms with E-state index in [0.29, 0.717) is 12.4 Å². The van der Waals surface area contributed by atoms with Gasteiger partial charge in [0.15, 0.2) is 0 Å². The van der Waals surface area contributed by atoms with Crippen molar-refractivity contribution < 1.29 is 14.6 Å². The normalized spacial score (nSPS) is 9.16. The quantitative estimate of drug-likeness (QED) is 0.902. The topological polar surface area (TPSA) is 46.5 Å². The Morgan fingerprint density at radius 2 is 1.58 bits per heavy atom. The molecule has 0 bridgehead atoms. The second-order valence-electron chi connectivity index (χ2n) is 3.58. The number of hydrogen-bond acceptors (Lipinski definition) is 2. The molecule has 2 aromatic carbocycles. The highest BCUT2D eigenvalue weighted by molar-refractivity contribution is 5.90. The van der Waals surface area contributed by atoms with Gasteiger partial charge in [0.2, 0.25) is 0 Å². The van der Waals surface area contributed by atoms with Gasteiger partial charge in [-0.15, -0.1) is 0 Å². The first-order valence-electron chi connectivity index (χ1n) is 6.26. The summed E-state index contributed by atoms with van der Waals surface area (Å²) >= 11 is 0. The van der Waals surface area contributed by atoms with Crippen molar-refractivity contribution in [3.8, 4) is 5.75 Å². The maximum Gasteiger partial charge on any atom is 0.339 e. The molecule has 0 saturated heterocycles. The maximum atomic E-state index is 11.0. The average molecular weight is 258 g/mol. The molecule has 2 aromatic rings. The van der Waals surface area contributed by atoms with Crippen LogP contribution in [-0.2, 0) is 6.61 Å². The van der Waals surface area contributed by atoms with Crippen molar-refractivity contribution in [1.29, 1.82) is 0 Å². The van der Waals surface area contributed by atoms with Crippen molar-refractivity contribution >= 4 is 5.97 Å². The van der Waals surface area contributed by atoms with Crippen molar-refractivity contribution in [1.82, 2.24) is 0 Å². The Morgan fingerprint density at radius 3 is 2.21 bits per heavy atom. The molecule has 0 aliphatic carbocycles. The summed E-state index contributed by atoms with van der Waals surface area (Å²) in [6.45, 7) is 4.37. The smallest absolute Gasteiger partial charge is 0.339 e. The summed E-state index contributed by atoms with van der Waals surface area (Å²) in [5, 5.41) is 8.98.